The lowest BCUT2D eigenvalue weighted by Crippen LogP contribution is -2.38. The highest BCUT2D eigenvalue weighted by Crippen LogP contribution is 2.15. The maximum atomic E-state index is 12.2. The standard InChI is InChI=1S/C20H26N2O2/c1-14-5-8-18(13-15(14)2)22-16(3)20(23)21-12-11-17-6-9-19(24-4)10-7-17/h5-10,13,16,22H,11-12H2,1-4H3,(H,21,23)/t16-/m1/s1. The smallest absolute Gasteiger partial charge is 0.242 e. The summed E-state index contributed by atoms with van der Waals surface area (Å²) in [4.78, 5) is 12.2. The third-order valence-electron chi connectivity index (χ3n) is 4.16. The van der Waals surface area contributed by atoms with Crippen LogP contribution in [0, 0.1) is 13.8 Å². The number of carbonyl (C=O) groups excluding carboxylic acids is 1. The van der Waals surface area contributed by atoms with Crippen molar-refractivity contribution in [3.8, 4) is 5.75 Å². The van der Waals surface area contributed by atoms with E-state index in [1.165, 1.54) is 16.7 Å². The number of ether oxygens (including phenoxy) is 1. The lowest BCUT2D eigenvalue weighted by molar-refractivity contribution is -0.121. The van der Waals surface area contributed by atoms with E-state index in [1.54, 1.807) is 7.11 Å². The first-order chi connectivity index (χ1) is 11.5. The number of hydrogen-bond donors (Lipinski definition) is 2. The van der Waals surface area contributed by atoms with Crippen molar-refractivity contribution in [3.05, 3.63) is 59.2 Å². The van der Waals surface area contributed by atoms with Crippen LogP contribution in [0.3, 0.4) is 0 Å². The monoisotopic (exact) mass is 326 g/mol. The fourth-order valence-electron chi connectivity index (χ4n) is 2.42. The Morgan fingerprint density at radius 1 is 1.08 bits per heavy atom. The normalized spacial score (nSPS) is 11.7. The van der Waals surface area contributed by atoms with Gasteiger partial charge in [-0.3, -0.25) is 4.79 Å². The maximum Gasteiger partial charge on any atom is 0.242 e. The van der Waals surface area contributed by atoms with Crippen LogP contribution in [0.5, 0.6) is 5.75 Å². The van der Waals surface area contributed by atoms with Crippen LogP contribution in [0.2, 0.25) is 0 Å². The van der Waals surface area contributed by atoms with Crippen molar-refractivity contribution in [2.75, 3.05) is 19.0 Å². The van der Waals surface area contributed by atoms with Crippen molar-refractivity contribution in [2.24, 2.45) is 0 Å². The molecule has 4 nitrogen and oxygen atoms in total. The Balaban J connectivity index is 1.79. The molecule has 128 valence electrons. The van der Waals surface area contributed by atoms with Gasteiger partial charge in [0.15, 0.2) is 0 Å². The second-order valence-electron chi connectivity index (χ2n) is 6.05. The van der Waals surface area contributed by atoms with Gasteiger partial charge in [0.05, 0.1) is 7.11 Å². The van der Waals surface area contributed by atoms with Crippen molar-refractivity contribution in [2.45, 2.75) is 33.2 Å². The van der Waals surface area contributed by atoms with E-state index in [0.29, 0.717) is 6.54 Å². The number of rotatable bonds is 7. The summed E-state index contributed by atoms with van der Waals surface area (Å²) in [6.45, 7) is 6.64. The number of carbonyl (C=O) groups is 1. The summed E-state index contributed by atoms with van der Waals surface area (Å²) >= 11 is 0. The summed E-state index contributed by atoms with van der Waals surface area (Å²) < 4.78 is 5.14. The first-order valence-electron chi connectivity index (χ1n) is 8.24. The molecule has 0 aliphatic carbocycles. The van der Waals surface area contributed by atoms with Crippen LogP contribution in [-0.4, -0.2) is 25.6 Å². The summed E-state index contributed by atoms with van der Waals surface area (Å²) in [6.07, 6.45) is 0.798. The van der Waals surface area contributed by atoms with E-state index in [-0.39, 0.29) is 11.9 Å². The third-order valence-corrected chi connectivity index (χ3v) is 4.16. The predicted molar refractivity (Wildman–Crippen MR) is 98.7 cm³/mol. The molecule has 24 heavy (non-hydrogen) atoms. The highest BCUT2D eigenvalue weighted by molar-refractivity contribution is 5.84. The van der Waals surface area contributed by atoms with E-state index in [9.17, 15) is 4.79 Å². The van der Waals surface area contributed by atoms with Crippen LogP contribution in [-0.2, 0) is 11.2 Å². The summed E-state index contributed by atoms with van der Waals surface area (Å²) in [7, 11) is 1.65. The van der Waals surface area contributed by atoms with Gasteiger partial charge in [-0.05, 0) is 68.1 Å². The van der Waals surface area contributed by atoms with Crippen LogP contribution in [0.25, 0.3) is 0 Å². The van der Waals surface area contributed by atoms with Crippen LogP contribution >= 0.6 is 0 Å². The van der Waals surface area contributed by atoms with Crippen LogP contribution < -0.4 is 15.4 Å². The van der Waals surface area contributed by atoms with Gasteiger partial charge in [0, 0.05) is 12.2 Å². The second-order valence-corrected chi connectivity index (χ2v) is 6.05. The molecule has 4 heteroatoms. The summed E-state index contributed by atoms with van der Waals surface area (Å²) in [5, 5.41) is 6.22. The summed E-state index contributed by atoms with van der Waals surface area (Å²) in [5.41, 5.74) is 4.60. The molecule has 2 aromatic rings. The van der Waals surface area contributed by atoms with Crippen molar-refractivity contribution in [1.29, 1.82) is 0 Å². The summed E-state index contributed by atoms with van der Waals surface area (Å²) in [5.74, 6) is 0.843. The van der Waals surface area contributed by atoms with Crippen molar-refractivity contribution < 1.29 is 9.53 Å². The quantitative estimate of drug-likeness (QED) is 0.819. The number of anilines is 1. The number of nitrogens with one attached hydrogen (secondary N) is 2. The molecule has 0 heterocycles. The molecule has 0 bridgehead atoms. The molecule has 0 radical (unpaired) electrons. The fraction of sp³-hybridized carbons (Fsp3) is 0.350. The minimum absolute atomic E-state index is 0.00161. The van der Waals surface area contributed by atoms with Gasteiger partial charge >= 0.3 is 0 Å². The van der Waals surface area contributed by atoms with Crippen LogP contribution in [0.1, 0.15) is 23.6 Å². The van der Waals surface area contributed by atoms with Gasteiger partial charge < -0.3 is 15.4 Å². The first-order valence-corrected chi connectivity index (χ1v) is 8.24. The maximum absolute atomic E-state index is 12.2. The van der Waals surface area contributed by atoms with E-state index in [1.807, 2.05) is 37.3 Å². The van der Waals surface area contributed by atoms with Gasteiger partial charge in [-0.25, -0.2) is 0 Å². The van der Waals surface area contributed by atoms with Gasteiger partial charge in [0.1, 0.15) is 11.8 Å². The molecule has 0 fully saturated rings. The van der Waals surface area contributed by atoms with E-state index in [4.69, 9.17) is 4.74 Å². The highest BCUT2D eigenvalue weighted by Gasteiger charge is 2.12. The Morgan fingerprint density at radius 2 is 1.79 bits per heavy atom. The molecular weight excluding hydrogens is 300 g/mol. The average Bonchev–Trinajstić information content (AvgIpc) is 2.58. The molecule has 0 aromatic heterocycles. The van der Waals surface area contributed by atoms with Crippen LogP contribution in [0.4, 0.5) is 5.69 Å². The van der Waals surface area contributed by atoms with Crippen molar-refractivity contribution >= 4 is 11.6 Å². The molecule has 1 amide bonds. The lowest BCUT2D eigenvalue weighted by atomic mass is 10.1. The lowest BCUT2D eigenvalue weighted by Gasteiger charge is -2.16. The zero-order chi connectivity index (χ0) is 17.5. The van der Waals surface area contributed by atoms with Gasteiger partial charge in [0.2, 0.25) is 5.91 Å². The van der Waals surface area contributed by atoms with Gasteiger partial charge in [-0.1, -0.05) is 18.2 Å². The van der Waals surface area contributed by atoms with Crippen LogP contribution in [0.15, 0.2) is 42.5 Å². The van der Waals surface area contributed by atoms with Crippen molar-refractivity contribution in [1.82, 2.24) is 5.32 Å². The largest absolute Gasteiger partial charge is 0.497 e. The number of hydrogen-bond acceptors (Lipinski definition) is 3. The zero-order valence-corrected chi connectivity index (χ0v) is 14.8. The predicted octanol–water partition coefficient (Wildman–Crippen LogP) is 3.47. The molecule has 0 aliphatic rings. The Hall–Kier alpha value is -2.49. The van der Waals surface area contributed by atoms with Crippen molar-refractivity contribution in [3.63, 3.8) is 0 Å². The van der Waals surface area contributed by atoms with E-state index in [0.717, 1.165) is 17.9 Å². The Bertz CT molecular complexity index is 681. The molecule has 0 aliphatic heterocycles. The molecule has 1 atom stereocenters. The molecule has 0 saturated carbocycles. The Morgan fingerprint density at radius 3 is 2.42 bits per heavy atom. The first kappa shape index (κ1) is 17.9. The number of methoxy groups -OCH3 is 1. The molecule has 0 unspecified atom stereocenters. The van der Waals surface area contributed by atoms with Gasteiger partial charge in [0.25, 0.3) is 0 Å². The minimum Gasteiger partial charge on any atom is -0.497 e. The zero-order valence-electron chi connectivity index (χ0n) is 14.8. The van der Waals surface area contributed by atoms with E-state index in [2.05, 4.69) is 36.6 Å². The number of benzene rings is 2. The molecule has 0 saturated heterocycles. The highest BCUT2D eigenvalue weighted by atomic mass is 16.5. The molecule has 2 N–H and O–H groups in total. The molecular formula is C20H26N2O2. The summed E-state index contributed by atoms with van der Waals surface area (Å²) in [6, 6.07) is 13.8. The van der Waals surface area contributed by atoms with E-state index < -0.39 is 0 Å². The SMILES string of the molecule is COc1ccc(CCNC(=O)[C@@H](C)Nc2ccc(C)c(C)c2)cc1. The molecule has 2 rings (SSSR count). The number of aryl methyl sites for hydroxylation is 2. The average molecular weight is 326 g/mol. The van der Waals surface area contributed by atoms with Gasteiger partial charge in [-0.15, -0.1) is 0 Å². The Labute approximate surface area is 144 Å². The van der Waals surface area contributed by atoms with Gasteiger partial charge in [-0.2, -0.15) is 0 Å². The fourth-order valence-corrected chi connectivity index (χ4v) is 2.42. The topological polar surface area (TPSA) is 50.4 Å². The number of amides is 1. The van der Waals surface area contributed by atoms with E-state index >= 15 is 0 Å². The Kier molecular flexibility index (Phi) is 6.24. The molecule has 2 aromatic carbocycles. The second kappa shape index (κ2) is 8.39. The third kappa shape index (κ3) is 5.01. The molecule has 0 spiro atoms. The minimum atomic E-state index is -0.275.